The van der Waals surface area contributed by atoms with Crippen LogP contribution in [-0.4, -0.2) is 31.4 Å². The molecule has 0 bridgehead atoms. The number of hydrogen-bond acceptors (Lipinski definition) is 3. The van der Waals surface area contributed by atoms with Gasteiger partial charge in [-0.25, -0.2) is 0 Å². The highest BCUT2D eigenvalue weighted by molar-refractivity contribution is 7.58. The molecule has 3 N–H and O–H groups in total. The van der Waals surface area contributed by atoms with Crippen LogP contribution in [0.1, 0.15) is 42.5 Å². The fourth-order valence-corrected chi connectivity index (χ4v) is 2.92. The molecule has 2 amide bonds. The Balaban J connectivity index is 1.71. The van der Waals surface area contributed by atoms with E-state index < -0.39 is 0 Å². The Hall–Kier alpha value is -1.66. The summed E-state index contributed by atoms with van der Waals surface area (Å²) >= 11 is 5.08. The minimum absolute atomic E-state index is 0.160. The van der Waals surface area contributed by atoms with Gasteiger partial charge in [-0.3, -0.25) is 20.4 Å². The van der Waals surface area contributed by atoms with Gasteiger partial charge in [-0.1, -0.05) is 24.3 Å². The van der Waals surface area contributed by atoms with E-state index in [0.29, 0.717) is 16.9 Å². The van der Waals surface area contributed by atoms with Crippen molar-refractivity contribution in [2.45, 2.75) is 37.0 Å². The van der Waals surface area contributed by atoms with Gasteiger partial charge in [0.25, 0.3) is 5.91 Å². The molecule has 2 rings (SSSR count). The summed E-state index contributed by atoms with van der Waals surface area (Å²) in [6.07, 6.45) is 5.50. The summed E-state index contributed by atoms with van der Waals surface area (Å²) in [4.78, 5) is 25.7. The monoisotopic (exact) mass is 321 g/mol. The van der Waals surface area contributed by atoms with Crippen LogP contribution < -0.4 is 15.8 Å². The highest BCUT2D eigenvalue weighted by atomic mass is 32.1. The van der Waals surface area contributed by atoms with E-state index in [9.17, 15) is 9.59 Å². The van der Waals surface area contributed by atoms with E-state index in [1.54, 1.807) is 24.3 Å². The van der Waals surface area contributed by atoms with Crippen LogP contribution in [0.15, 0.2) is 29.2 Å². The molecular formula is C16H23N3O2S. The van der Waals surface area contributed by atoms with Crippen LogP contribution in [0.2, 0.25) is 0 Å². The molecule has 1 saturated heterocycles. The van der Waals surface area contributed by atoms with Crippen LogP contribution in [0, 0.1) is 0 Å². The first-order valence-corrected chi connectivity index (χ1v) is 8.26. The Labute approximate surface area is 136 Å². The first-order valence-electron chi connectivity index (χ1n) is 7.85. The smallest absolute Gasteiger partial charge is 0.268 e. The van der Waals surface area contributed by atoms with Crippen molar-refractivity contribution in [3.05, 3.63) is 29.8 Å². The van der Waals surface area contributed by atoms with E-state index >= 15 is 0 Å². The van der Waals surface area contributed by atoms with E-state index in [0.717, 1.165) is 19.6 Å². The molecule has 1 heterocycles. The summed E-state index contributed by atoms with van der Waals surface area (Å²) in [6, 6.07) is 6.86. The summed E-state index contributed by atoms with van der Waals surface area (Å²) in [5, 5.41) is 0. The van der Waals surface area contributed by atoms with Crippen molar-refractivity contribution in [2.24, 2.45) is 0 Å². The van der Waals surface area contributed by atoms with Crippen molar-refractivity contribution < 1.29 is 14.5 Å². The third kappa shape index (κ3) is 5.27. The van der Waals surface area contributed by atoms with Crippen LogP contribution in [-0.2, 0) is 17.4 Å². The molecule has 1 aromatic carbocycles. The number of hydrazine groups is 1. The molecule has 0 radical (unpaired) electrons. The predicted octanol–water partition coefficient (Wildman–Crippen LogP) is 0.202. The lowest BCUT2D eigenvalue weighted by Gasteiger charge is -2.17. The van der Waals surface area contributed by atoms with Gasteiger partial charge >= 0.3 is 0 Å². The van der Waals surface area contributed by atoms with E-state index in [1.807, 2.05) is 0 Å². The average molecular weight is 321 g/mol. The van der Waals surface area contributed by atoms with Gasteiger partial charge in [0.15, 0.2) is 0 Å². The van der Waals surface area contributed by atoms with Crippen LogP contribution in [0.25, 0.3) is 0 Å². The van der Waals surface area contributed by atoms with Crippen molar-refractivity contribution in [1.29, 1.82) is 0 Å². The Morgan fingerprint density at radius 2 is 1.73 bits per heavy atom. The number of likely N-dealkylation sites (tertiary alicyclic amines) is 1. The molecule has 1 fully saturated rings. The number of carbonyl (C=O) groups is 2. The number of hydrogen-bond donors (Lipinski definition) is 3. The number of nitrogens with one attached hydrogen (secondary N) is 3. The van der Waals surface area contributed by atoms with Crippen molar-refractivity contribution in [3.8, 4) is 0 Å². The van der Waals surface area contributed by atoms with Crippen molar-refractivity contribution in [2.75, 3.05) is 19.6 Å². The quantitative estimate of drug-likeness (QED) is 0.548. The summed E-state index contributed by atoms with van der Waals surface area (Å²) in [6.45, 7) is 3.10. The van der Waals surface area contributed by atoms with Crippen LogP contribution >= 0.6 is 0 Å². The van der Waals surface area contributed by atoms with Gasteiger partial charge in [-0.15, -0.1) is 0 Å². The molecule has 0 saturated carbocycles. The van der Waals surface area contributed by atoms with E-state index in [4.69, 9.17) is 12.6 Å². The van der Waals surface area contributed by atoms with Crippen LogP contribution in [0.5, 0.6) is 0 Å². The lowest BCUT2D eigenvalue weighted by Crippen LogP contribution is -3.12. The number of rotatable bonds is 4. The maximum absolute atomic E-state index is 11.9. The van der Waals surface area contributed by atoms with Crippen molar-refractivity contribution in [3.63, 3.8) is 0 Å². The van der Waals surface area contributed by atoms with Gasteiger partial charge in [0.2, 0.25) is 5.91 Å². The molecule has 6 heteroatoms. The lowest BCUT2D eigenvalue weighted by molar-refractivity contribution is -0.898. The van der Waals surface area contributed by atoms with E-state index in [-0.39, 0.29) is 11.8 Å². The van der Waals surface area contributed by atoms with Gasteiger partial charge in [-0.05, 0) is 25.7 Å². The number of carbonyl (C=O) groups excluding carboxylic acids is 2. The summed E-state index contributed by atoms with van der Waals surface area (Å²) in [5.41, 5.74) is 5.29. The summed E-state index contributed by atoms with van der Waals surface area (Å²) in [5.74, 6) is -0.534. The number of benzene rings is 1. The zero-order valence-electron chi connectivity index (χ0n) is 12.7. The highest BCUT2D eigenvalue weighted by Gasteiger charge is 2.14. The Bertz CT molecular complexity index is 514. The number of amides is 2. The molecule has 5 nitrogen and oxygen atoms in total. The predicted molar refractivity (Wildman–Crippen MR) is 86.3 cm³/mol. The largest absolute Gasteiger partial charge is 0.779 e. The van der Waals surface area contributed by atoms with Crippen molar-refractivity contribution in [1.82, 2.24) is 10.9 Å². The van der Waals surface area contributed by atoms with Gasteiger partial charge in [0, 0.05) is 5.56 Å². The van der Waals surface area contributed by atoms with E-state index in [1.165, 1.54) is 30.6 Å². The molecule has 1 aliphatic rings. The fourth-order valence-electron chi connectivity index (χ4n) is 2.68. The minimum Gasteiger partial charge on any atom is -0.779 e. The summed E-state index contributed by atoms with van der Waals surface area (Å²) in [7, 11) is 0. The van der Waals surface area contributed by atoms with E-state index in [2.05, 4.69) is 10.9 Å². The van der Waals surface area contributed by atoms with Crippen LogP contribution in [0.3, 0.4) is 0 Å². The van der Waals surface area contributed by atoms with Gasteiger partial charge in [0.05, 0.1) is 26.1 Å². The van der Waals surface area contributed by atoms with Gasteiger partial charge in [0.1, 0.15) is 0 Å². The SMILES string of the molecule is O=C(CC[NH+]1CCCCCC1)NNC(=O)c1ccccc1[S-]. The Kier molecular flexibility index (Phi) is 6.61. The van der Waals surface area contributed by atoms with Gasteiger partial charge < -0.3 is 17.5 Å². The second kappa shape index (κ2) is 8.70. The fraction of sp³-hybridized carbons (Fsp3) is 0.500. The zero-order valence-corrected chi connectivity index (χ0v) is 13.5. The molecule has 0 spiro atoms. The lowest BCUT2D eigenvalue weighted by atomic mass is 10.2. The topological polar surface area (TPSA) is 62.6 Å². The molecule has 0 atom stereocenters. The maximum atomic E-state index is 11.9. The molecule has 0 aromatic heterocycles. The van der Waals surface area contributed by atoms with Gasteiger partial charge in [-0.2, -0.15) is 4.90 Å². The normalized spacial score (nSPS) is 15.8. The average Bonchev–Trinajstić information content (AvgIpc) is 2.80. The molecule has 1 aliphatic heterocycles. The highest BCUT2D eigenvalue weighted by Crippen LogP contribution is 2.06. The minimum atomic E-state index is -0.374. The first-order chi connectivity index (χ1) is 10.7. The molecule has 120 valence electrons. The first kappa shape index (κ1) is 16.7. The number of quaternary nitrogens is 1. The zero-order chi connectivity index (χ0) is 15.8. The third-order valence-corrected chi connectivity index (χ3v) is 4.32. The molecule has 0 aliphatic carbocycles. The second-order valence-corrected chi connectivity index (χ2v) is 6.10. The standard InChI is InChI=1S/C16H23N3O2S/c20-15(9-12-19-10-5-1-2-6-11-19)17-18-16(21)13-7-3-4-8-14(13)22/h3-4,7-8,22H,1-2,5-6,9-12H2,(H,17,20)(H,18,21). The van der Waals surface area contributed by atoms with Crippen LogP contribution in [0.4, 0.5) is 0 Å². The second-order valence-electron chi connectivity index (χ2n) is 5.66. The molecular weight excluding hydrogens is 298 g/mol. The molecule has 22 heavy (non-hydrogen) atoms. The molecule has 1 aromatic rings. The Morgan fingerprint density at radius 3 is 2.41 bits per heavy atom. The summed E-state index contributed by atoms with van der Waals surface area (Å²) < 4.78 is 0. The maximum Gasteiger partial charge on any atom is 0.268 e. The Morgan fingerprint density at radius 1 is 1.05 bits per heavy atom. The molecule has 0 unspecified atom stereocenters. The third-order valence-electron chi connectivity index (χ3n) is 3.96. The van der Waals surface area contributed by atoms with Crippen molar-refractivity contribution >= 4 is 24.4 Å².